The third kappa shape index (κ3) is 3.04. The van der Waals surface area contributed by atoms with E-state index in [9.17, 15) is 14.7 Å². The van der Waals surface area contributed by atoms with Crippen molar-refractivity contribution in [2.24, 2.45) is 11.8 Å². The summed E-state index contributed by atoms with van der Waals surface area (Å²) in [5.74, 6) is -1.41. The molecule has 1 aliphatic heterocycles. The Morgan fingerprint density at radius 1 is 1.38 bits per heavy atom. The number of likely N-dealkylation sites (tertiary alicyclic amines) is 1. The van der Waals surface area contributed by atoms with E-state index in [-0.39, 0.29) is 18.4 Å². The molecule has 1 aliphatic rings. The Labute approximate surface area is 139 Å². The lowest BCUT2D eigenvalue weighted by Crippen LogP contribution is -2.45. The fourth-order valence-electron chi connectivity index (χ4n) is 3.20. The largest absolute Gasteiger partial charge is 0.481 e. The molecule has 1 fully saturated rings. The molecule has 0 spiro atoms. The molecule has 0 aromatic carbocycles. The first-order chi connectivity index (χ1) is 11.5. The molecule has 0 bridgehead atoms. The number of carbonyl (C=O) groups excluding carboxylic acids is 1. The number of rotatable bonds is 4. The zero-order valence-electron chi connectivity index (χ0n) is 13.8. The Morgan fingerprint density at radius 3 is 2.83 bits per heavy atom. The molecule has 128 valence electrons. The summed E-state index contributed by atoms with van der Waals surface area (Å²) in [4.78, 5) is 25.8. The molecule has 8 nitrogen and oxygen atoms in total. The molecule has 2 unspecified atom stereocenters. The number of nitrogens with one attached hydrogen (secondary N) is 1. The molecule has 2 aromatic rings. The van der Waals surface area contributed by atoms with E-state index < -0.39 is 11.9 Å². The SMILES string of the molecule is CCn1cc(-c2[nH]ncc2C(=O)N2CC(C)CC(C(=O)O)C2)cn1. The van der Waals surface area contributed by atoms with Crippen molar-refractivity contribution in [2.45, 2.75) is 26.8 Å². The van der Waals surface area contributed by atoms with Gasteiger partial charge in [-0.1, -0.05) is 6.92 Å². The summed E-state index contributed by atoms with van der Waals surface area (Å²) in [6.45, 7) is 5.48. The second kappa shape index (κ2) is 6.46. The van der Waals surface area contributed by atoms with Gasteiger partial charge in [0.05, 0.1) is 29.6 Å². The van der Waals surface area contributed by atoms with Crippen molar-refractivity contribution >= 4 is 11.9 Å². The van der Waals surface area contributed by atoms with Gasteiger partial charge in [-0.05, 0) is 19.3 Å². The van der Waals surface area contributed by atoms with E-state index >= 15 is 0 Å². The average Bonchev–Trinajstić information content (AvgIpc) is 3.21. The van der Waals surface area contributed by atoms with E-state index in [1.165, 1.54) is 6.20 Å². The number of aromatic nitrogens is 4. The number of hydrogen-bond acceptors (Lipinski definition) is 4. The minimum Gasteiger partial charge on any atom is -0.481 e. The summed E-state index contributed by atoms with van der Waals surface area (Å²) < 4.78 is 1.77. The first-order valence-electron chi connectivity index (χ1n) is 8.07. The highest BCUT2D eigenvalue weighted by atomic mass is 16.4. The highest BCUT2D eigenvalue weighted by molar-refractivity contribution is 5.99. The van der Waals surface area contributed by atoms with Gasteiger partial charge in [0, 0.05) is 31.4 Å². The molecule has 3 heterocycles. The zero-order chi connectivity index (χ0) is 17.3. The predicted octanol–water partition coefficient (Wildman–Crippen LogP) is 1.48. The number of nitrogens with zero attached hydrogens (tertiary/aromatic N) is 4. The van der Waals surface area contributed by atoms with Crippen LogP contribution >= 0.6 is 0 Å². The van der Waals surface area contributed by atoms with Gasteiger partial charge in [-0.15, -0.1) is 0 Å². The summed E-state index contributed by atoms with van der Waals surface area (Å²) in [6, 6.07) is 0. The average molecular weight is 331 g/mol. The summed E-state index contributed by atoms with van der Waals surface area (Å²) in [6.07, 6.45) is 5.63. The Bertz CT molecular complexity index is 750. The van der Waals surface area contributed by atoms with Gasteiger partial charge in [0.2, 0.25) is 0 Å². The molecule has 2 N–H and O–H groups in total. The molecular formula is C16H21N5O3. The molecule has 1 amide bonds. The highest BCUT2D eigenvalue weighted by Gasteiger charge is 2.33. The van der Waals surface area contributed by atoms with Gasteiger partial charge < -0.3 is 10.0 Å². The fraction of sp³-hybridized carbons (Fsp3) is 0.500. The summed E-state index contributed by atoms with van der Waals surface area (Å²) in [5, 5.41) is 20.4. The van der Waals surface area contributed by atoms with Crippen molar-refractivity contribution in [1.29, 1.82) is 0 Å². The first kappa shape index (κ1) is 16.2. The number of aromatic amines is 1. The van der Waals surface area contributed by atoms with Gasteiger partial charge in [0.25, 0.3) is 5.91 Å². The lowest BCUT2D eigenvalue weighted by molar-refractivity contribution is -0.143. The summed E-state index contributed by atoms with van der Waals surface area (Å²) in [7, 11) is 0. The number of H-pyrrole nitrogens is 1. The number of carbonyl (C=O) groups is 2. The second-order valence-corrected chi connectivity index (χ2v) is 6.33. The maximum absolute atomic E-state index is 12.9. The number of carboxylic acids is 1. The molecule has 8 heteroatoms. The van der Waals surface area contributed by atoms with Gasteiger partial charge in [-0.2, -0.15) is 10.2 Å². The van der Waals surface area contributed by atoms with E-state index in [2.05, 4.69) is 15.3 Å². The predicted molar refractivity (Wildman–Crippen MR) is 86.3 cm³/mol. The third-order valence-electron chi connectivity index (χ3n) is 4.41. The first-order valence-corrected chi connectivity index (χ1v) is 8.07. The topological polar surface area (TPSA) is 104 Å². The number of aryl methyl sites for hydroxylation is 1. The zero-order valence-corrected chi connectivity index (χ0v) is 13.8. The van der Waals surface area contributed by atoms with Crippen LogP contribution in [0.5, 0.6) is 0 Å². The van der Waals surface area contributed by atoms with E-state index in [0.29, 0.717) is 24.2 Å². The molecule has 1 saturated heterocycles. The van der Waals surface area contributed by atoms with Gasteiger partial charge in [0.1, 0.15) is 0 Å². The van der Waals surface area contributed by atoms with Crippen LogP contribution in [0.4, 0.5) is 0 Å². The minimum absolute atomic E-state index is 0.155. The van der Waals surface area contributed by atoms with Crippen LogP contribution in [0, 0.1) is 11.8 Å². The van der Waals surface area contributed by atoms with E-state index in [1.54, 1.807) is 15.8 Å². The van der Waals surface area contributed by atoms with Crippen molar-refractivity contribution in [3.63, 3.8) is 0 Å². The quantitative estimate of drug-likeness (QED) is 0.883. The van der Waals surface area contributed by atoms with Gasteiger partial charge in [-0.25, -0.2) is 0 Å². The van der Waals surface area contributed by atoms with Crippen LogP contribution in [-0.2, 0) is 11.3 Å². The van der Waals surface area contributed by atoms with Crippen LogP contribution in [0.25, 0.3) is 11.3 Å². The molecule has 0 saturated carbocycles. The van der Waals surface area contributed by atoms with Gasteiger partial charge in [-0.3, -0.25) is 19.4 Å². The molecular weight excluding hydrogens is 310 g/mol. The van der Waals surface area contributed by atoms with Crippen molar-refractivity contribution in [3.8, 4) is 11.3 Å². The lowest BCUT2D eigenvalue weighted by Gasteiger charge is -2.34. The normalized spacial score (nSPS) is 21.0. The number of aliphatic carboxylic acids is 1. The van der Waals surface area contributed by atoms with Crippen LogP contribution in [0.15, 0.2) is 18.6 Å². The summed E-state index contributed by atoms with van der Waals surface area (Å²) in [5.41, 5.74) is 1.85. The Kier molecular flexibility index (Phi) is 4.37. The molecule has 24 heavy (non-hydrogen) atoms. The maximum atomic E-state index is 12.9. The maximum Gasteiger partial charge on any atom is 0.308 e. The smallest absolute Gasteiger partial charge is 0.308 e. The second-order valence-electron chi connectivity index (χ2n) is 6.33. The Hall–Kier alpha value is -2.64. The highest BCUT2D eigenvalue weighted by Crippen LogP contribution is 2.26. The van der Waals surface area contributed by atoms with E-state index in [0.717, 1.165) is 12.1 Å². The van der Waals surface area contributed by atoms with Crippen LogP contribution in [-0.4, -0.2) is 55.0 Å². The third-order valence-corrected chi connectivity index (χ3v) is 4.41. The lowest BCUT2D eigenvalue weighted by atomic mass is 9.90. The number of carboxylic acid groups (broad SMARTS) is 1. The Balaban J connectivity index is 1.85. The fourth-order valence-corrected chi connectivity index (χ4v) is 3.20. The standard InChI is InChI=1S/C16H21N5O3/c1-3-21-9-12(5-18-21)14-13(6-17-19-14)15(22)20-7-10(2)4-11(8-20)16(23)24/h5-6,9-11H,3-4,7-8H2,1-2H3,(H,17,19)(H,23,24). The van der Waals surface area contributed by atoms with Crippen molar-refractivity contribution in [1.82, 2.24) is 24.9 Å². The molecule has 0 radical (unpaired) electrons. The molecule has 0 aliphatic carbocycles. The van der Waals surface area contributed by atoms with Crippen LogP contribution < -0.4 is 0 Å². The monoisotopic (exact) mass is 331 g/mol. The number of piperidine rings is 1. The van der Waals surface area contributed by atoms with Crippen LogP contribution in [0.3, 0.4) is 0 Å². The van der Waals surface area contributed by atoms with Crippen molar-refractivity contribution in [3.05, 3.63) is 24.2 Å². The van der Waals surface area contributed by atoms with Crippen LogP contribution in [0.1, 0.15) is 30.6 Å². The minimum atomic E-state index is -0.851. The van der Waals surface area contributed by atoms with Crippen LogP contribution in [0.2, 0.25) is 0 Å². The molecule has 2 aromatic heterocycles. The van der Waals surface area contributed by atoms with Crippen molar-refractivity contribution < 1.29 is 14.7 Å². The van der Waals surface area contributed by atoms with Gasteiger partial charge in [0.15, 0.2) is 0 Å². The van der Waals surface area contributed by atoms with E-state index in [1.807, 2.05) is 20.0 Å². The summed E-state index contributed by atoms with van der Waals surface area (Å²) >= 11 is 0. The Morgan fingerprint density at radius 2 is 2.17 bits per heavy atom. The van der Waals surface area contributed by atoms with E-state index in [4.69, 9.17) is 0 Å². The molecule has 3 rings (SSSR count). The number of amides is 1. The number of hydrogen-bond donors (Lipinski definition) is 2. The molecule has 2 atom stereocenters. The van der Waals surface area contributed by atoms with Crippen molar-refractivity contribution in [2.75, 3.05) is 13.1 Å². The van der Waals surface area contributed by atoms with Gasteiger partial charge >= 0.3 is 5.97 Å².